The largest absolute Gasteiger partial charge is 0.416 e. The minimum absolute atomic E-state index is 0.0458. The van der Waals surface area contributed by atoms with Crippen LogP contribution in [0.3, 0.4) is 0 Å². The number of aromatic nitrogens is 4. The predicted octanol–water partition coefficient (Wildman–Crippen LogP) is 15.0. The van der Waals surface area contributed by atoms with E-state index in [0.717, 1.165) is 81.2 Å². The van der Waals surface area contributed by atoms with Crippen molar-refractivity contribution >= 4 is 35.3 Å². The zero-order valence-electron chi connectivity index (χ0n) is 60.2. The first kappa shape index (κ1) is 61.9. The van der Waals surface area contributed by atoms with E-state index in [2.05, 4.69) is 14.9 Å². The van der Waals surface area contributed by atoms with Gasteiger partial charge in [0.05, 0.1) is 21.3 Å². The first-order valence-corrected chi connectivity index (χ1v) is 33.1. The Bertz CT molecular complexity index is 4330. The zero-order valence-corrected chi connectivity index (χ0v) is 54.9. The molecule has 10 rings (SSSR count). The molecule has 2 aliphatic carbocycles. The number of nitrogens with zero attached hydrogens (tertiary/aromatic N) is 8. The highest BCUT2D eigenvalue weighted by atomic mass is 32.2. The third-order valence-electron chi connectivity index (χ3n) is 16.8. The topological polar surface area (TPSA) is 117 Å². The van der Waals surface area contributed by atoms with Gasteiger partial charge < -0.3 is 28.7 Å². The van der Waals surface area contributed by atoms with E-state index >= 15 is 0 Å². The lowest BCUT2D eigenvalue weighted by Gasteiger charge is -2.33. The van der Waals surface area contributed by atoms with Crippen molar-refractivity contribution < 1.29 is 54.3 Å². The van der Waals surface area contributed by atoms with Crippen molar-refractivity contribution in [1.29, 1.82) is 0 Å². The molecule has 2 heterocycles. The highest BCUT2D eigenvalue weighted by Gasteiger charge is 2.32. The third-order valence-corrected chi connectivity index (χ3v) is 18.8. The Balaban J connectivity index is 0.000000238. The van der Waals surface area contributed by atoms with E-state index < -0.39 is 66.3 Å². The summed E-state index contributed by atoms with van der Waals surface area (Å²) < 4.78 is 170. The van der Waals surface area contributed by atoms with Crippen LogP contribution in [-0.4, -0.2) is 103 Å². The normalized spacial score (nSPS) is 15.0. The molecule has 22 heteroatoms. The first-order valence-electron chi connectivity index (χ1n) is 34.6. The van der Waals surface area contributed by atoms with E-state index in [1.54, 1.807) is 84.6 Å². The number of thioether (sulfide) groups is 2. The van der Waals surface area contributed by atoms with Crippen LogP contribution in [0.2, 0.25) is 0 Å². The maximum atomic E-state index is 14.5. The molecule has 6 aromatic carbocycles. The van der Waals surface area contributed by atoms with Crippen molar-refractivity contribution in [1.82, 2.24) is 38.7 Å². The molecule has 0 spiro atoms. The number of hydrogen-bond donors (Lipinski definition) is 0. The Hall–Kier alpha value is -7.92. The quantitative estimate of drug-likeness (QED) is 0.0295. The van der Waals surface area contributed by atoms with Crippen molar-refractivity contribution in [2.45, 2.75) is 133 Å². The number of amides is 2. The smallest absolute Gasteiger partial charge is 0.336 e. The van der Waals surface area contributed by atoms with Crippen molar-refractivity contribution in [3.8, 4) is 22.3 Å². The summed E-state index contributed by atoms with van der Waals surface area (Å²) in [6.07, 6.45) is -5.70. The second-order valence-corrected chi connectivity index (χ2v) is 24.6. The van der Waals surface area contributed by atoms with E-state index in [0.29, 0.717) is 105 Å². The van der Waals surface area contributed by atoms with Gasteiger partial charge in [-0.1, -0.05) is 148 Å². The van der Waals surface area contributed by atoms with E-state index in [-0.39, 0.29) is 60.9 Å². The van der Waals surface area contributed by atoms with E-state index in [4.69, 9.17) is 5.48 Å². The fourth-order valence-electron chi connectivity index (χ4n) is 11.3. The van der Waals surface area contributed by atoms with E-state index in [1.165, 1.54) is 74.1 Å². The van der Waals surface area contributed by atoms with Gasteiger partial charge >= 0.3 is 12.4 Å². The number of likely N-dealkylation sites (N-methyl/N-ethyl adjacent to an activating group) is 2. The molecule has 95 heavy (non-hydrogen) atoms. The van der Waals surface area contributed by atoms with Gasteiger partial charge in [-0.25, -0.2) is 8.78 Å². The lowest BCUT2D eigenvalue weighted by Crippen LogP contribution is -2.42. The van der Waals surface area contributed by atoms with Crippen LogP contribution in [0.25, 0.3) is 22.3 Å². The summed E-state index contributed by atoms with van der Waals surface area (Å²) in [7, 11) is 0. The minimum atomic E-state index is -4.49. The first-order chi connectivity index (χ1) is 48.0. The van der Waals surface area contributed by atoms with Gasteiger partial charge in [-0.2, -0.15) is 36.3 Å². The molecule has 0 N–H and O–H groups in total. The summed E-state index contributed by atoms with van der Waals surface area (Å²) in [4.78, 5) is 69.3. The standard InChI is InChI=1S/C37H40F4N4O2S.C36H38F4N4O2S/c1-4-43(5-2)21-22-44(25(3)27-11-13-28(14-12-27)29-15-17-30(18-16-29)37(39,40)41)34(46)23-45-33-8-6-7-32(33)35(47)42-36(45)48-24-26-9-19-31(38)20-10-26;1-3-42(4-2)20-21-43(22-25-8-12-27(13-9-25)28-14-16-29(17-15-28)36(38,39)40)33(45)23-44-32-7-5-6-31(32)34(46)41-35(44)47-24-26-10-18-30(37)19-11-26/h9-20,25H,4-8,21-24H2,1-3H3;8-19H,3-7,20-24H2,1-2H3/i25D;3D2,4D2,23D2. The summed E-state index contributed by atoms with van der Waals surface area (Å²) in [6, 6.07) is 33.4. The summed E-state index contributed by atoms with van der Waals surface area (Å²) in [5, 5.41) is 0.357. The summed E-state index contributed by atoms with van der Waals surface area (Å²) in [6.45, 7) is 2.44. The van der Waals surface area contributed by atoms with Gasteiger partial charge in [-0.05, 0) is 165 Å². The monoisotopic (exact) mass is 1350 g/mol. The maximum absolute atomic E-state index is 14.5. The molecule has 1 unspecified atom stereocenters. The highest BCUT2D eigenvalue weighted by molar-refractivity contribution is 7.98. The summed E-state index contributed by atoms with van der Waals surface area (Å²) in [5.74, 6) is -1.51. The van der Waals surface area contributed by atoms with Crippen molar-refractivity contribution in [2.75, 3.05) is 52.3 Å². The van der Waals surface area contributed by atoms with E-state index in [1.807, 2.05) is 18.4 Å². The van der Waals surface area contributed by atoms with Gasteiger partial charge in [0, 0.05) is 72.2 Å². The maximum Gasteiger partial charge on any atom is 0.416 e. The summed E-state index contributed by atoms with van der Waals surface area (Å²) in [5.41, 5.74) is 4.70. The molecule has 0 fully saturated rings. The molecule has 0 saturated heterocycles. The number of carbonyl (C=O) groups is 2. The zero-order chi connectivity index (χ0) is 74.3. The van der Waals surface area contributed by atoms with Gasteiger partial charge in [-0.15, -0.1) is 0 Å². The number of halogens is 8. The molecule has 0 radical (unpaired) electrons. The molecular weight excluding hydrogens is 1270 g/mol. The van der Waals surface area contributed by atoms with Gasteiger partial charge in [0.1, 0.15) is 24.7 Å². The minimum Gasteiger partial charge on any atom is -0.336 e. The van der Waals surface area contributed by atoms with Crippen molar-refractivity contribution in [3.63, 3.8) is 0 Å². The number of alkyl halides is 6. The Labute approximate surface area is 567 Å². The predicted molar refractivity (Wildman–Crippen MR) is 358 cm³/mol. The van der Waals surface area contributed by atoms with Gasteiger partial charge in [-0.3, -0.25) is 19.2 Å². The van der Waals surface area contributed by atoms with Crippen molar-refractivity contribution in [3.05, 3.63) is 234 Å². The van der Waals surface area contributed by atoms with Gasteiger partial charge in [0.25, 0.3) is 11.1 Å². The molecule has 502 valence electrons. The molecule has 1 atom stereocenters. The Kier molecular flexibility index (Phi) is 21.3. The van der Waals surface area contributed by atoms with Crippen LogP contribution in [0, 0.1) is 11.6 Å². The fraction of sp³-hybridized carbons (Fsp3) is 0.370. The second-order valence-electron chi connectivity index (χ2n) is 22.7. The molecule has 0 aliphatic heterocycles. The molecule has 12 nitrogen and oxygen atoms in total. The Morgan fingerprint density at radius 1 is 0.537 bits per heavy atom. The van der Waals surface area contributed by atoms with Crippen LogP contribution in [-0.2, 0) is 78.7 Å². The van der Waals surface area contributed by atoms with Crippen LogP contribution >= 0.6 is 23.5 Å². The molecule has 8 aromatic rings. The van der Waals surface area contributed by atoms with Gasteiger partial charge in [0.15, 0.2) is 10.3 Å². The number of rotatable bonds is 26. The fourth-order valence-corrected chi connectivity index (χ4v) is 13.2. The molecule has 2 amide bonds. The average molecular weight is 1350 g/mol. The van der Waals surface area contributed by atoms with Crippen molar-refractivity contribution in [2.24, 2.45) is 0 Å². The van der Waals surface area contributed by atoms with E-state index in [9.17, 15) is 58.4 Å². The molecule has 0 saturated carbocycles. The number of benzene rings is 6. The van der Waals surface area contributed by atoms with Crippen LogP contribution in [0.1, 0.15) is 119 Å². The lowest BCUT2D eigenvalue weighted by molar-refractivity contribution is -0.138. The SMILES string of the molecule is [2H]C(C)(c1ccc(-c2ccc(C(F)(F)F)cc2)cc1)N(CCN(CC)CC)C(=O)Cn1c(SCc2ccc(F)cc2)nc(=O)c2c1CCC2.[2H]C([2H])(C)N(CCN(Cc1ccc(-c2ccc(C(F)(F)F)cc2)cc1)C(=O)C([2H])([2H])n1c(SCc2ccc(F)cc2)nc(=O)c2c1CCC2)C([2H])([2H])C. The third kappa shape index (κ3) is 18.8. The van der Waals surface area contributed by atoms with Crippen LogP contribution in [0.5, 0.6) is 0 Å². The number of carbonyl (C=O) groups excluding carboxylic acids is 2. The van der Waals surface area contributed by atoms with Crippen LogP contribution in [0.15, 0.2) is 165 Å². The Morgan fingerprint density at radius 2 is 0.947 bits per heavy atom. The lowest BCUT2D eigenvalue weighted by atomic mass is 9.99. The number of fused-ring (bicyclic) bond motifs is 2. The number of hydrogen-bond acceptors (Lipinski definition) is 10. The van der Waals surface area contributed by atoms with Crippen LogP contribution in [0.4, 0.5) is 35.1 Å². The highest BCUT2D eigenvalue weighted by Crippen LogP contribution is 2.35. The Morgan fingerprint density at radius 3 is 1.39 bits per heavy atom. The molecule has 2 aromatic heterocycles. The molecule has 0 bridgehead atoms. The second kappa shape index (κ2) is 32.7. The van der Waals surface area contributed by atoms with Gasteiger partial charge in [0.2, 0.25) is 11.8 Å². The van der Waals surface area contributed by atoms with Crippen LogP contribution < -0.4 is 11.1 Å². The summed E-state index contributed by atoms with van der Waals surface area (Å²) >= 11 is 2.33. The average Bonchev–Trinajstić information content (AvgIpc) is 1.40. The molecule has 2 aliphatic rings. The molecular formula is C73H78F8N8O4S2.